The molecule has 1 unspecified atom stereocenters. The molecule has 0 aromatic carbocycles. The van der Waals surface area contributed by atoms with E-state index in [-0.39, 0.29) is 24.7 Å². The molecule has 5 heteroatoms. The molecule has 0 aromatic rings. The number of primary amides is 1. The largest absolute Gasteiger partial charge is 0.370 e. The molecule has 0 fully saturated rings. The van der Waals surface area contributed by atoms with Crippen LogP contribution in [0.3, 0.4) is 0 Å². The van der Waals surface area contributed by atoms with Crippen LogP contribution < -0.4 is 5.73 Å². The van der Waals surface area contributed by atoms with E-state index in [2.05, 4.69) is 0 Å². The van der Waals surface area contributed by atoms with Crippen molar-refractivity contribution in [3.63, 3.8) is 0 Å². The summed E-state index contributed by atoms with van der Waals surface area (Å²) in [7, 11) is 1.39. The van der Waals surface area contributed by atoms with Gasteiger partial charge in [0.25, 0.3) is 0 Å². The summed E-state index contributed by atoms with van der Waals surface area (Å²) in [5, 5.41) is 8.36. The molecule has 72 valence electrons. The highest BCUT2D eigenvalue weighted by Crippen LogP contribution is 2.07. The minimum absolute atomic E-state index is 0.110. The average Bonchev–Trinajstić information content (AvgIpc) is 2.01. The molecule has 13 heavy (non-hydrogen) atoms. The molecule has 0 saturated carbocycles. The number of nitrogens with zero attached hydrogens (tertiary/aromatic N) is 2. The minimum atomic E-state index is -0.431. The summed E-state index contributed by atoms with van der Waals surface area (Å²) in [5.41, 5.74) is 4.95. The van der Waals surface area contributed by atoms with Crippen molar-refractivity contribution in [2.45, 2.75) is 19.8 Å². The van der Waals surface area contributed by atoms with Crippen LogP contribution >= 0.6 is 0 Å². The lowest BCUT2D eigenvalue weighted by atomic mass is 10.0. The quantitative estimate of drug-likeness (QED) is 0.484. The van der Waals surface area contributed by atoms with Gasteiger partial charge in [-0.3, -0.25) is 14.5 Å². The number of amides is 2. The first-order chi connectivity index (χ1) is 5.97. The summed E-state index contributed by atoms with van der Waals surface area (Å²) >= 11 is 0. The van der Waals surface area contributed by atoms with Gasteiger partial charge in [-0.25, -0.2) is 0 Å². The van der Waals surface area contributed by atoms with Gasteiger partial charge in [-0.2, -0.15) is 5.26 Å². The maximum Gasteiger partial charge on any atom is 0.235 e. The predicted octanol–water partition coefficient (Wildman–Crippen LogP) is -0.173. The van der Waals surface area contributed by atoms with E-state index in [0.717, 1.165) is 4.90 Å². The standard InChI is InChI=1S/C8H13N3O2/c1-6(3-7(10)12)4-8(13)11(2)5-9/h6H,3-4H2,1-2H3,(H2,10,12). The Labute approximate surface area is 77.1 Å². The van der Waals surface area contributed by atoms with Crippen molar-refractivity contribution in [3.8, 4) is 6.19 Å². The molecule has 0 bridgehead atoms. The van der Waals surface area contributed by atoms with Crippen LogP contribution in [-0.4, -0.2) is 23.8 Å². The van der Waals surface area contributed by atoms with Crippen LogP contribution in [0, 0.1) is 17.4 Å². The molecule has 5 nitrogen and oxygen atoms in total. The van der Waals surface area contributed by atoms with Crippen LogP contribution in [0.2, 0.25) is 0 Å². The molecule has 0 aromatic heterocycles. The lowest BCUT2D eigenvalue weighted by Crippen LogP contribution is -2.25. The Bertz CT molecular complexity index is 244. The highest BCUT2D eigenvalue weighted by Gasteiger charge is 2.14. The van der Waals surface area contributed by atoms with Gasteiger partial charge in [0.15, 0.2) is 6.19 Å². The molecule has 0 aliphatic rings. The van der Waals surface area contributed by atoms with Crippen LogP contribution in [0.25, 0.3) is 0 Å². The van der Waals surface area contributed by atoms with E-state index in [1.165, 1.54) is 7.05 Å². The van der Waals surface area contributed by atoms with Crippen molar-refractivity contribution in [1.29, 1.82) is 5.26 Å². The topological polar surface area (TPSA) is 87.2 Å². The third kappa shape index (κ3) is 4.80. The number of carbonyl (C=O) groups is 2. The predicted molar refractivity (Wildman–Crippen MR) is 46.0 cm³/mol. The lowest BCUT2D eigenvalue weighted by molar-refractivity contribution is -0.128. The summed E-state index contributed by atoms with van der Waals surface area (Å²) in [6, 6.07) is 0. The molecule has 1 atom stereocenters. The van der Waals surface area contributed by atoms with Crippen LogP contribution in [0.15, 0.2) is 0 Å². The summed E-state index contributed by atoms with van der Waals surface area (Å²) in [4.78, 5) is 22.5. The van der Waals surface area contributed by atoms with E-state index < -0.39 is 5.91 Å². The van der Waals surface area contributed by atoms with Crippen molar-refractivity contribution in [3.05, 3.63) is 0 Å². The molecule has 0 aliphatic carbocycles. The maximum absolute atomic E-state index is 11.1. The number of nitriles is 1. The van der Waals surface area contributed by atoms with E-state index in [1.54, 1.807) is 13.1 Å². The fourth-order valence-electron chi connectivity index (χ4n) is 0.906. The van der Waals surface area contributed by atoms with Gasteiger partial charge in [-0.1, -0.05) is 6.92 Å². The fraction of sp³-hybridized carbons (Fsp3) is 0.625. The molecule has 0 saturated heterocycles. The van der Waals surface area contributed by atoms with Gasteiger partial charge in [-0.05, 0) is 5.92 Å². The van der Waals surface area contributed by atoms with Gasteiger partial charge in [0.2, 0.25) is 11.8 Å². The Morgan fingerprint density at radius 1 is 1.54 bits per heavy atom. The van der Waals surface area contributed by atoms with Crippen molar-refractivity contribution in [2.24, 2.45) is 11.7 Å². The zero-order valence-electron chi connectivity index (χ0n) is 7.78. The van der Waals surface area contributed by atoms with Crippen LogP contribution in [0.4, 0.5) is 0 Å². The fourth-order valence-corrected chi connectivity index (χ4v) is 0.906. The number of hydrogen-bond acceptors (Lipinski definition) is 3. The molecule has 0 radical (unpaired) electrons. The van der Waals surface area contributed by atoms with Crippen molar-refractivity contribution in [2.75, 3.05) is 7.05 Å². The van der Waals surface area contributed by atoms with Gasteiger partial charge in [0.1, 0.15) is 0 Å². The second-order valence-electron chi connectivity index (χ2n) is 3.03. The van der Waals surface area contributed by atoms with Crippen molar-refractivity contribution < 1.29 is 9.59 Å². The number of carbonyl (C=O) groups excluding carboxylic acids is 2. The van der Waals surface area contributed by atoms with E-state index >= 15 is 0 Å². The summed E-state index contributed by atoms with van der Waals surface area (Å²) < 4.78 is 0. The third-order valence-corrected chi connectivity index (χ3v) is 1.60. The Hall–Kier alpha value is -1.57. The first-order valence-corrected chi connectivity index (χ1v) is 3.92. The van der Waals surface area contributed by atoms with E-state index in [0.29, 0.717) is 0 Å². The second-order valence-corrected chi connectivity index (χ2v) is 3.03. The smallest absolute Gasteiger partial charge is 0.235 e. The molecule has 2 N–H and O–H groups in total. The van der Waals surface area contributed by atoms with E-state index in [9.17, 15) is 9.59 Å². The monoisotopic (exact) mass is 183 g/mol. The van der Waals surface area contributed by atoms with Gasteiger partial charge in [0.05, 0.1) is 0 Å². The summed E-state index contributed by atoms with van der Waals surface area (Å²) in [6.45, 7) is 1.74. The normalized spacial score (nSPS) is 11.5. The SMILES string of the molecule is CC(CC(N)=O)CC(=O)N(C)C#N. The lowest BCUT2D eigenvalue weighted by Gasteiger charge is -2.10. The van der Waals surface area contributed by atoms with Gasteiger partial charge >= 0.3 is 0 Å². The molecule has 0 rings (SSSR count). The van der Waals surface area contributed by atoms with E-state index in [4.69, 9.17) is 11.0 Å². The first kappa shape index (κ1) is 11.4. The Morgan fingerprint density at radius 3 is 2.46 bits per heavy atom. The third-order valence-electron chi connectivity index (χ3n) is 1.60. The van der Waals surface area contributed by atoms with E-state index in [1.807, 2.05) is 0 Å². The highest BCUT2D eigenvalue weighted by molar-refractivity contribution is 5.79. The molecule has 0 spiro atoms. The maximum atomic E-state index is 11.1. The van der Waals surface area contributed by atoms with Crippen LogP contribution in [-0.2, 0) is 9.59 Å². The first-order valence-electron chi connectivity index (χ1n) is 3.92. The zero-order chi connectivity index (χ0) is 10.4. The average molecular weight is 183 g/mol. The van der Waals surface area contributed by atoms with Gasteiger partial charge < -0.3 is 5.73 Å². The number of hydrogen-bond donors (Lipinski definition) is 1. The van der Waals surface area contributed by atoms with Gasteiger partial charge in [-0.15, -0.1) is 0 Å². The zero-order valence-corrected chi connectivity index (χ0v) is 7.78. The summed E-state index contributed by atoms with van der Waals surface area (Å²) in [6.07, 6.45) is 2.04. The number of nitrogens with two attached hydrogens (primary N) is 1. The van der Waals surface area contributed by atoms with Gasteiger partial charge in [0, 0.05) is 19.9 Å². The van der Waals surface area contributed by atoms with Crippen LogP contribution in [0.1, 0.15) is 19.8 Å². The number of rotatable bonds is 4. The minimum Gasteiger partial charge on any atom is -0.370 e. The molecule has 0 heterocycles. The molecule has 0 aliphatic heterocycles. The Balaban J connectivity index is 3.93. The Kier molecular flexibility index (Phi) is 4.52. The summed E-state index contributed by atoms with van der Waals surface area (Å²) in [5.74, 6) is -0.836. The van der Waals surface area contributed by atoms with Crippen LogP contribution in [0.5, 0.6) is 0 Å². The molecule has 2 amide bonds. The molecular formula is C8H13N3O2. The highest BCUT2D eigenvalue weighted by atomic mass is 16.2. The van der Waals surface area contributed by atoms with Crippen molar-refractivity contribution >= 4 is 11.8 Å². The Morgan fingerprint density at radius 2 is 2.08 bits per heavy atom. The van der Waals surface area contributed by atoms with Crippen molar-refractivity contribution in [1.82, 2.24) is 4.90 Å². The molecular weight excluding hydrogens is 170 g/mol. The second kappa shape index (κ2) is 5.14.